The first-order valence-electron chi connectivity index (χ1n) is 6.20. The average molecular weight is 286 g/mol. The molecule has 1 saturated heterocycles. The molecule has 0 saturated carbocycles. The second-order valence-corrected chi connectivity index (χ2v) is 7.40. The number of sulfone groups is 1. The Bertz CT molecular complexity index is 579. The molecule has 1 atom stereocenters. The van der Waals surface area contributed by atoms with E-state index in [0.29, 0.717) is 12.2 Å². The number of amides is 1. The third-order valence-electron chi connectivity index (χ3n) is 3.32. The summed E-state index contributed by atoms with van der Waals surface area (Å²) in [5, 5.41) is 6.61. The molecule has 1 N–H and O–H groups in total. The summed E-state index contributed by atoms with van der Waals surface area (Å²) < 4.78 is 22.8. The molecule has 0 bridgehead atoms. The van der Waals surface area contributed by atoms with Gasteiger partial charge in [0.05, 0.1) is 11.5 Å². The van der Waals surface area contributed by atoms with Gasteiger partial charge in [-0.3, -0.25) is 9.89 Å². The lowest BCUT2D eigenvalue weighted by Crippen LogP contribution is -2.38. The van der Waals surface area contributed by atoms with E-state index in [2.05, 4.69) is 15.2 Å². The highest BCUT2D eigenvalue weighted by Crippen LogP contribution is 2.18. The van der Waals surface area contributed by atoms with Crippen molar-refractivity contribution in [3.8, 4) is 0 Å². The Balaban J connectivity index is 2.10. The largest absolute Gasteiger partial charge is 0.335 e. The van der Waals surface area contributed by atoms with Gasteiger partial charge in [-0.05, 0) is 6.42 Å². The maximum absolute atomic E-state index is 12.2. The fourth-order valence-electron chi connectivity index (χ4n) is 2.03. The van der Waals surface area contributed by atoms with Gasteiger partial charge in [-0.1, -0.05) is 13.8 Å². The summed E-state index contributed by atoms with van der Waals surface area (Å²) in [6.07, 6.45) is 0.478. The van der Waals surface area contributed by atoms with E-state index in [-0.39, 0.29) is 35.2 Å². The number of nitrogens with zero attached hydrogens (tertiary/aromatic N) is 3. The van der Waals surface area contributed by atoms with Gasteiger partial charge < -0.3 is 4.90 Å². The molecule has 1 aliphatic rings. The maximum Gasteiger partial charge on any atom is 0.293 e. The highest BCUT2D eigenvalue weighted by Gasteiger charge is 2.34. The molecular weight excluding hydrogens is 268 g/mol. The molecule has 0 radical (unpaired) electrons. The lowest BCUT2D eigenvalue weighted by Gasteiger charge is -2.21. The number of aromatic nitrogens is 3. The Morgan fingerprint density at radius 2 is 2.16 bits per heavy atom. The molecule has 7 nitrogen and oxygen atoms in total. The topological polar surface area (TPSA) is 96.0 Å². The minimum absolute atomic E-state index is 0.0245. The van der Waals surface area contributed by atoms with E-state index in [9.17, 15) is 13.2 Å². The third kappa shape index (κ3) is 2.94. The molecule has 0 aromatic carbocycles. The van der Waals surface area contributed by atoms with Crippen LogP contribution in [0.5, 0.6) is 0 Å². The number of hydrogen-bond donors (Lipinski definition) is 1. The van der Waals surface area contributed by atoms with Crippen molar-refractivity contribution in [3.63, 3.8) is 0 Å². The van der Waals surface area contributed by atoms with Crippen LogP contribution in [-0.2, 0) is 9.84 Å². The fraction of sp³-hybridized carbons (Fsp3) is 0.727. The first-order valence-corrected chi connectivity index (χ1v) is 8.02. The standard InChI is InChI=1S/C11H18N4O3S/c1-7(2)9-12-10(14-13-9)11(16)15(3)8-4-5-19(17,18)6-8/h7-8H,4-6H2,1-3H3,(H,12,13,14). The summed E-state index contributed by atoms with van der Waals surface area (Å²) in [6, 6.07) is -0.279. The quantitative estimate of drug-likeness (QED) is 0.855. The zero-order valence-corrected chi connectivity index (χ0v) is 12.1. The van der Waals surface area contributed by atoms with E-state index in [1.807, 2.05) is 13.8 Å². The lowest BCUT2D eigenvalue weighted by atomic mass is 10.2. The zero-order chi connectivity index (χ0) is 14.2. The Kier molecular flexibility index (Phi) is 3.62. The predicted octanol–water partition coefficient (Wildman–Crippen LogP) is 0.187. The second-order valence-electron chi connectivity index (χ2n) is 5.17. The lowest BCUT2D eigenvalue weighted by molar-refractivity contribution is 0.0735. The van der Waals surface area contributed by atoms with Gasteiger partial charge in [0.25, 0.3) is 5.91 Å². The molecule has 1 aromatic rings. The highest BCUT2D eigenvalue weighted by atomic mass is 32.2. The number of rotatable bonds is 3. The van der Waals surface area contributed by atoms with Crippen molar-refractivity contribution in [3.05, 3.63) is 11.6 Å². The number of carbonyl (C=O) groups excluding carboxylic acids is 1. The number of aromatic amines is 1. The van der Waals surface area contributed by atoms with Crippen LogP contribution in [0.15, 0.2) is 0 Å². The summed E-state index contributed by atoms with van der Waals surface area (Å²) in [7, 11) is -1.41. The number of nitrogens with one attached hydrogen (secondary N) is 1. The Labute approximate surface area is 112 Å². The van der Waals surface area contributed by atoms with Crippen molar-refractivity contribution in [1.82, 2.24) is 20.1 Å². The highest BCUT2D eigenvalue weighted by molar-refractivity contribution is 7.91. The van der Waals surface area contributed by atoms with Crippen molar-refractivity contribution in [2.75, 3.05) is 18.6 Å². The van der Waals surface area contributed by atoms with Gasteiger partial charge in [0, 0.05) is 19.0 Å². The van der Waals surface area contributed by atoms with Crippen LogP contribution in [-0.4, -0.2) is 59.0 Å². The van der Waals surface area contributed by atoms with Gasteiger partial charge in [0.2, 0.25) is 5.82 Å². The number of carbonyl (C=O) groups is 1. The van der Waals surface area contributed by atoms with Crippen LogP contribution in [0.2, 0.25) is 0 Å². The van der Waals surface area contributed by atoms with Crippen LogP contribution in [0.3, 0.4) is 0 Å². The molecule has 0 aliphatic carbocycles. The smallest absolute Gasteiger partial charge is 0.293 e. The van der Waals surface area contributed by atoms with Gasteiger partial charge in [-0.2, -0.15) is 0 Å². The van der Waals surface area contributed by atoms with Gasteiger partial charge in [0.15, 0.2) is 9.84 Å². The van der Waals surface area contributed by atoms with Crippen molar-refractivity contribution in [1.29, 1.82) is 0 Å². The van der Waals surface area contributed by atoms with Crippen LogP contribution in [0.25, 0.3) is 0 Å². The summed E-state index contributed by atoms with van der Waals surface area (Å²) >= 11 is 0. The predicted molar refractivity (Wildman–Crippen MR) is 69.6 cm³/mol. The normalized spacial score (nSPS) is 21.8. The second kappa shape index (κ2) is 4.92. The fourth-order valence-corrected chi connectivity index (χ4v) is 3.81. The number of H-pyrrole nitrogens is 1. The first kappa shape index (κ1) is 14.0. The van der Waals surface area contributed by atoms with Crippen LogP contribution < -0.4 is 0 Å². The van der Waals surface area contributed by atoms with Crippen LogP contribution in [0.4, 0.5) is 0 Å². The van der Waals surface area contributed by atoms with Gasteiger partial charge in [-0.25, -0.2) is 13.4 Å². The Morgan fingerprint density at radius 3 is 2.63 bits per heavy atom. The van der Waals surface area contributed by atoms with E-state index in [0.717, 1.165) is 0 Å². The SMILES string of the molecule is CC(C)c1nc(C(=O)N(C)C2CCS(=O)(=O)C2)n[nH]1. The van der Waals surface area contributed by atoms with Crippen molar-refractivity contribution in [2.24, 2.45) is 0 Å². The average Bonchev–Trinajstić information content (AvgIpc) is 2.93. The van der Waals surface area contributed by atoms with Gasteiger partial charge >= 0.3 is 0 Å². The molecule has 19 heavy (non-hydrogen) atoms. The van der Waals surface area contributed by atoms with E-state index in [1.165, 1.54) is 4.90 Å². The van der Waals surface area contributed by atoms with E-state index in [4.69, 9.17) is 0 Å². The first-order chi connectivity index (χ1) is 8.80. The number of hydrogen-bond acceptors (Lipinski definition) is 5. The molecule has 1 aliphatic heterocycles. The Hall–Kier alpha value is -1.44. The monoisotopic (exact) mass is 286 g/mol. The van der Waals surface area contributed by atoms with Gasteiger partial charge in [-0.15, -0.1) is 5.10 Å². The van der Waals surface area contributed by atoms with E-state index < -0.39 is 9.84 Å². The maximum atomic E-state index is 12.2. The molecule has 1 aromatic heterocycles. The molecule has 2 rings (SSSR count). The molecule has 8 heteroatoms. The summed E-state index contributed by atoms with van der Waals surface area (Å²) in [5.74, 6) is 0.722. The van der Waals surface area contributed by atoms with Crippen molar-refractivity contribution < 1.29 is 13.2 Å². The van der Waals surface area contributed by atoms with Crippen LogP contribution >= 0.6 is 0 Å². The summed E-state index contributed by atoms with van der Waals surface area (Å²) in [4.78, 5) is 17.7. The molecular formula is C11H18N4O3S. The molecule has 1 unspecified atom stereocenters. The van der Waals surface area contributed by atoms with Gasteiger partial charge in [0.1, 0.15) is 5.82 Å². The molecule has 1 amide bonds. The molecule has 0 spiro atoms. The van der Waals surface area contributed by atoms with Crippen LogP contribution in [0.1, 0.15) is 42.6 Å². The molecule has 106 valence electrons. The third-order valence-corrected chi connectivity index (χ3v) is 5.07. The van der Waals surface area contributed by atoms with Crippen molar-refractivity contribution in [2.45, 2.75) is 32.2 Å². The molecule has 2 heterocycles. The van der Waals surface area contributed by atoms with E-state index >= 15 is 0 Å². The summed E-state index contributed by atoms with van der Waals surface area (Å²) in [6.45, 7) is 3.89. The summed E-state index contributed by atoms with van der Waals surface area (Å²) in [5.41, 5.74) is 0. The minimum Gasteiger partial charge on any atom is -0.335 e. The zero-order valence-electron chi connectivity index (χ0n) is 11.3. The minimum atomic E-state index is -3.01. The molecule has 1 fully saturated rings. The Morgan fingerprint density at radius 1 is 1.47 bits per heavy atom. The van der Waals surface area contributed by atoms with Crippen molar-refractivity contribution >= 4 is 15.7 Å². The van der Waals surface area contributed by atoms with Crippen LogP contribution in [0, 0.1) is 0 Å². The van der Waals surface area contributed by atoms with E-state index in [1.54, 1.807) is 7.05 Å².